The van der Waals surface area contributed by atoms with Crippen LogP contribution < -0.4 is 20.3 Å². The number of carbonyl (C=O) groups excluding carboxylic acids is 1. The van der Waals surface area contributed by atoms with Crippen LogP contribution in [0.2, 0.25) is 0 Å². The molecule has 3 heterocycles. The number of hydrogen-bond donors (Lipinski definition) is 2. The van der Waals surface area contributed by atoms with E-state index in [1.54, 1.807) is 42.1 Å². The normalized spacial score (nSPS) is 11.5. The molecule has 0 aliphatic heterocycles. The second kappa shape index (κ2) is 11.8. The van der Waals surface area contributed by atoms with Gasteiger partial charge in [0, 0.05) is 62.8 Å². The minimum atomic E-state index is -4.70. The van der Waals surface area contributed by atoms with Gasteiger partial charge in [-0.1, -0.05) is 6.58 Å². The van der Waals surface area contributed by atoms with Gasteiger partial charge in [-0.25, -0.2) is 15.0 Å². The van der Waals surface area contributed by atoms with E-state index in [1.165, 1.54) is 13.3 Å². The number of hydrogen-bond acceptors (Lipinski definition) is 8. The number of pyridine rings is 1. The summed E-state index contributed by atoms with van der Waals surface area (Å²) in [5.74, 6) is -0.167. The highest BCUT2D eigenvalue weighted by Crippen LogP contribution is 2.40. The van der Waals surface area contributed by atoms with Crippen LogP contribution in [0.1, 0.15) is 5.56 Å². The first-order chi connectivity index (χ1) is 19.4. The number of fused-ring (bicyclic) bond motifs is 1. The van der Waals surface area contributed by atoms with Crippen molar-refractivity contribution in [2.75, 3.05) is 56.9 Å². The lowest BCUT2D eigenvalue weighted by molar-refractivity contribution is -0.137. The zero-order valence-electron chi connectivity index (χ0n) is 23.4. The Balaban J connectivity index is 1.78. The highest BCUT2D eigenvalue weighted by molar-refractivity contribution is 6.02. The molecule has 0 saturated carbocycles. The number of aromatic nitrogens is 4. The molecule has 0 aliphatic carbocycles. The third-order valence-corrected chi connectivity index (χ3v) is 6.38. The molecule has 216 valence electrons. The summed E-state index contributed by atoms with van der Waals surface area (Å²) in [7, 11) is 9.04. The predicted octanol–water partition coefficient (Wildman–Crippen LogP) is 4.92. The van der Waals surface area contributed by atoms with E-state index in [-0.39, 0.29) is 17.2 Å². The third-order valence-electron chi connectivity index (χ3n) is 6.38. The molecule has 0 fully saturated rings. The average molecular weight is 569 g/mol. The SMILES string of the molecule is C=CC(=O)Nc1cc(Nc2ncc(C(F)(F)F)c(-c3cnc4c(ccn4C)c3)n2)c(OC)cc1N(C)CCN(C)C. The van der Waals surface area contributed by atoms with Crippen molar-refractivity contribution in [1.82, 2.24) is 24.4 Å². The Kier molecular flexibility index (Phi) is 8.47. The molecular formula is C28H31F3N8O2. The zero-order chi connectivity index (χ0) is 29.9. The van der Waals surface area contributed by atoms with Crippen LogP contribution in [0.4, 0.5) is 36.2 Å². The van der Waals surface area contributed by atoms with E-state index in [9.17, 15) is 18.0 Å². The topological polar surface area (TPSA) is 100 Å². The van der Waals surface area contributed by atoms with Crippen molar-refractivity contribution in [3.8, 4) is 17.0 Å². The molecule has 0 bridgehead atoms. The summed E-state index contributed by atoms with van der Waals surface area (Å²) in [5, 5.41) is 6.41. The maximum atomic E-state index is 14.0. The Morgan fingerprint density at radius 1 is 1.12 bits per heavy atom. The van der Waals surface area contributed by atoms with Crippen LogP contribution in [-0.2, 0) is 18.0 Å². The van der Waals surface area contributed by atoms with Gasteiger partial charge in [0.25, 0.3) is 0 Å². The number of alkyl halides is 3. The van der Waals surface area contributed by atoms with E-state index in [0.717, 1.165) is 18.8 Å². The number of ether oxygens (including phenoxy) is 1. The third kappa shape index (κ3) is 6.57. The minimum absolute atomic E-state index is 0.103. The molecule has 0 atom stereocenters. The second-order valence-corrected chi connectivity index (χ2v) is 9.63. The van der Waals surface area contributed by atoms with Crippen molar-refractivity contribution in [1.29, 1.82) is 0 Å². The number of methoxy groups -OCH3 is 1. The molecule has 1 aromatic carbocycles. The number of rotatable bonds is 10. The average Bonchev–Trinajstić information content (AvgIpc) is 3.30. The van der Waals surface area contributed by atoms with Crippen molar-refractivity contribution < 1.29 is 22.7 Å². The van der Waals surface area contributed by atoms with E-state index in [1.807, 2.05) is 30.9 Å². The van der Waals surface area contributed by atoms with Crippen LogP contribution in [0, 0.1) is 0 Å². The number of amides is 1. The van der Waals surface area contributed by atoms with Crippen LogP contribution in [0.3, 0.4) is 0 Å². The molecule has 10 nitrogen and oxygen atoms in total. The number of carbonyl (C=O) groups is 1. The Bertz CT molecular complexity index is 1580. The molecule has 4 rings (SSSR count). The number of anilines is 4. The largest absolute Gasteiger partial charge is 0.494 e. The van der Waals surface area contributed by atoms with Crippen LogP contribution in [0.15, 0.2) is 55.5 Å². The first-order valence-electron chi connectivity index (χ1n) is 12.5. The van der Waals surface area contributed by atoms with Gasteiger partial charge >= 0.3 is 6.18 Å². The number of likely N-dealkylation sites (N-methyl/N-ethyl adjacent to an activating group) is 2. The fourth-order valence-electron chi connectivity index (χ4n) is 4.18. The van der Waals surface area contributed by atoms with Crippen LogP contribution in [0.5, 0.6) is 5.75 Å². The monoisotopic (exact) mass is 568 g/mol. The van der Waals surface area contributed by atoms with Gasteiger partial charge in [0.05, 0.1) is 29.9 Å². The highest BCUT2D eigenvalue weighted by Gasteiger charge is 2.35. The van der Waals surface area contributed by atoms with Crippen molar-refractivity contribution in [3.63, 3.8) is 0 Å². The van der Waals surface area contributed by atoms with Crippen molar-refractivity contribution >= 4 is 40.0 Å². The van der Waals surface area contributed by atoms with Gasteiger partial charge in [0.1, 0.15) is 17.0 Å². The van der Waals surface area contributed by atoms with Gasteiger partial charge in [-0.2, -0.15) is 13.2 Å². The molecule has 2 N–H and O–H groups in total. The van der Waals surface area contributed by atoms with Crippen LogP contribution in [-0.4, -0.2) is 71.7 Å². The number of halogens is 3. The lowest BCUT2D eigenvalue weighted by atomic mass is 10.1. The van der Waals surface area contributed by atoms with E-state index in [4.69, 9.17) is 4.74 Å². The zero-order valence-corrected chi connectivity index (χ0v) is 23.4. The smallest absolute Gasteiger partial charge is 0.419 e. The molecule has 13 heteroatoms. The number of nitrogens with one attached hydrogen (secondary N) is 2. The van der Waals surface area contributed by atoms with Gasteiger partial charge in [-0.3, -0.25) is 4.79 Å². The van der Waals surface area contributed by atoms with Gasteiger partial charge in [0.2, 0.25) is 11.9 Å². The Morgan fingerprint density at radius 2 is 1.88 bits per heavy atom. The standard InChI is InChI=1S/C28H31F3N8O2/c1-7-24(40)34-20-13-21(23(41-6)14-22(20)38(4)11-10-37(2)3)35-27-33-16-19(28(29,30)31)25(36-27)18-12-17-8-9-39(5)26(17)32-15-18/h7-9,12-16H,1,10-11H2,2-6H3,(H,34,40)(H,33,35,36). The van der Waals surface area contributed by atoms with Crippen molar-refractivity contribution in [2.24, 2.45) is 7.05 Å². The highest BCUT2D eigenvalue weighted by atomic mass is 19.4. The fourth-order valence-corrected chi connectivity index (χ4v) is 4.18. The minimum Gasteiger partial charge on any atom is -0.494 e. The predicted molar refractivity (Wildman–Crippen MR) is 154 cm³/mol. The molecule has 0 spiro atoms. The Labute approximate surface area is 235 Å². The molecule has 0 radical (unpaired) electrons. The van der Waals surface area contributed by atoms with E-state index >= 15 is 0 Å². The number of benzene rings is 1. The number of aryl methyl sites for hydroxylation is 1. The molecule has 0 aliphatic rings. The fraction of sp³-hybridized carbons (Fsp3) is 0.286. The lowest BCUT2D eigenvalue weighted by Gasteiger charge is -2.26. The first kappa shape index (κ1) is 29.3. The lowest BCUT2D eigenvalue weighted by Crippen LogP contribution is -2.29. The summed E-state index contributed by atoms with van der Waals surface area (Å²) >= 11 is 0. The molecule has 1 amide bonds. The molecule has 41 heavy (non-hydrogen) atoms. The van der Waals surface area contributed by atoms with Crippen LogP contribution in [0.25, 0.3) is 22.3 Å². The van der Waals surface area contributed by atoms with Gasteiger partial charge in [-0.15, -0.1) is 0 Å². The van der Waals surface area contributed by atoms with Crippen LogP contribution >= 0.6 is 0 Å². The summed E-state index contributed by atoms with van der Waals surface area (Å²) < 4.78 is 49.3. The van der Waals surface area contributed by atoms with E-state index in [2.05, 4.69) is 32.2 Å². The first-order valence-corrected chi connectivity index (χ1v) is 12.5. The molecule has 0 unspecified atom stereocenters. The van der Waals surface area contributed by atoms with Crippen molar-refractivity contribution in [3.05, 3.63) is 61.1 Å². The van der Waals surface area contributed by atoms with E-state index < -0.39 is 17.6 Å². The summed E-state index contributed by atoms with van der Waals surface area (Å²) in [5.41, 5.74) is 0.927. The van der Waals surface area contributed by atoms with E-state index in [0.29, 0.717) is 40.4 Å². The van der Waals surface area contributed by atoms with Gasteiger partial charge in [0.15, 0.2) is 0 Å². The Hall–Kier alpha value is -4.65. The molecule has 0 saturated heterocycles. The molecular weight excluding hydrogens is 537 g/mol. The molecule has 3 aromatic heterocycles. The maximum Gasteiger partial charge on any atom is 0.419 e. The summed E-state index contributed by atoms with van der Waals surface area (Å²) in [6.07, 6.45) is 0.305. The van der Waals surface area contributed by atoms with Gasteiger partial charge < -0.3 is 29.7 Å². The maximum absolute atomic E-state index is 14.0. The summed E-state index contributed by atoms with van der Waals surface area (Å²) in [6.45, 7) is 4.90. The Morgan fingerprint density at radius 3 is 2.54 bits per heavy atom. The summed E-state index contributed by atoms with van der Waals surface area (Å²) in [6, 6.07) is 6.70. The number of nitrogens with zero attached hydrogens (tertiary/aromatic N) is 6. The molecule has 4 aromatic rings. The second-order valence-electron chi connectivity index (χ2n) is 9.63. The van der Waals surface area contributed by atoms with Crippen molar-refractivity contribution in [2.45, 2.75) is 6.18 Å². The van der Waals surface area contributed by atoms with Gasteiger partial charge in [-0.05, 0) is 38.4 Å². The summed E-state index contributed by atoms with van der Waals surface area (Å²) in [4.78, 5) is 28.7. The quantitative estimate of drug-likeness (QED) is 0.260.